The van der Waals surface area contributed by atoms with Crippen molar-refractivity contribution in [2.75, 3.05) is 11.5 Å². The van der Waals surface area contributed by atoms with Crippen LogP contribution in [0.1, 0.15) is 18.5 Å². The maximum atomic E-state index is 11.6. The van der Waals surface area contributed by atoms with Gasteiger partial charge in [0.05, 0.1) is 0 Å². The minimum absolute atomic E-state index is 0.151. The van der Waals surface area contributed by atoms with Crippen LogP contribution in [-0.4, -0.2) is 15.7 Å². The van der Waals surface area contributed by atoms with Gasteiger partial charge in [0.2, 0.25) is 0 Å². The number of hydrogen-bond donors (Lipinski definition) is 1. The van der Waals surface area contributed by atoms with Gasteiger partial charge in [-0.3, -0.25) is 4.21 Å². The van der Waals surface area contributed by atoms with Crippen LogP contribution in [0.25, 0.3) is 10.8 Å². The van der Waals surface area contributed by atoms with Crippen molar-refractivity contribution in [3.63, 3.8) is 0 Å². The average Bonchev–Trinajstić information content (AvgIpc) is 2.37. The summed E-state index contributed by atoms with van der Waals surface area (Å²) in [7, 11) is -0.825. The van der Waals surface area contributed by atoms with Gasteiger partial charge in [-0.25, -0.2) is 0 Å². The average molecular weight is 247 g/mol. The lowest BCUT2D eigenvalue weighted by atomic mass is 10.0. The fourth-order valence-corrected chi connectivity index (χ4v) is 2.80. The van der Waals surface area contributed by atoms with Crippen LogP contribution >= 0.6 is 0 Å². The highest BCUT2D eigenvalue weighted by atomic mass is 32.2. The summed E-state index contributed by atoms with van der Waals surface area (Å²) in [6, 6.07) is 14.1. The molecule has 0 radical (unpaired) electrons. The zero-order chi connectivity index (χ0) is 12.3. The summed E-state index contributed by atoms with van der Waals surface area (Å²) < 4.78 is 11.6. The van der Waals surface area contributed by atoms with Crippen molar-refractivity contribution in [3.05, 3.63) is 48.0 Å². The van der Waals surface area contributed by atoms with Crippen LogP contribution in [0.2, 0.25) is 0 Å². The van der Waals surface area contributed by atoms with Crippen molar-refractivity contribution >= 4 is 21.6 Å². The molecule has 2 aromatic rings. The lowest BCUT2D eigenvalue weighted by Gasteiger charge is -2.14. The van der Waals surface area contributed by atoms with Gasteiger partial charge in [0.1, 0.15) is 0 Å². The van der Waals surface area contributed by atoms with Crippen LogP contribution in [0.15, 0.2) is 42.5 Å². The van der Waals surface area contributed by atoms with Crippen LogP contribution in [0.3, 0.4) is 0 Å². The van der Waals surface area contributed by atoms with E-state index in [1.165, 1.54) is 5.39 Å². The zero-order valence-corrected chi connectivity index (χ0v) is 10.7. The first kappa shape index (κ1) is 12.3. The summed E-state index contributed by atoms with van der Waals surface area (Å²) >= 11 is 0. The fraction of sp³-hybridized carbons (Fsp3) is 0.286. The Bertz CT molecular complexity index is 533. The van der Waals surface area contributed by atoms with Gasteiger partial charge >= 0.3 is 0 Å². The lowest BCUT2D eigenvalue weighted by Crippen LogP contribution is -2.19. The Labute approximate surface area is 104 Å². The Kier molecular flexibility index (Phi) is 3.92. The summed E-state index contributed by atoms with van der Waals surface area (Å²) in [5.74, 6) is 1.20. The van der Waals surface area contributed by atoms with Gasteiger partial charge < -0.3 is 5.73 Å². The molecule has 0 spiro atoms. The molecule has 0 saturated heterocycles. The van der Waals surface area contributed by atoms with Crippen molar-refractivity contribution < 1.29 is 4.21 Å². The van der Waals surface area contributed by atoms with Gasteiger partial charge in [0, 0.05) is 28.3 Å². The molecule has 2 unspecified atom stereocenters. The Morgan fingerprint density at radius 3 is 2.65 bits per heavy atom. The van der Waals surface area contributed by atoms with E-state index in [1.54, 1.807) is 0 Å². The predicted molar refractivity (Wildman–Crippen MR) is 74.4 cm³/mol. The molecular weight excluding hydrogens is 230 g/mol. The van der Waals surface area contributed by atoms with E-state index in [0.29, 0.717) is 11.5 Å². The van der Waals surface area contributed by atoms with Crippen LogP contribution in [0, 0.1) is 0 Å². The standard InChI is InChI=1S/C14H17NOS/c1-2-17(16)10-14(15)13-9-5-7-11-6-3-4-8-12(11)13/h3-9,14H,2,10,15H2,1H3. The molecule has 0 aliphatic heterocycles. The largest absolute Gasteiger partial charge is 0.323 e. The molecule has 2 aromatic carbocycles. The second-order valence-electron chi connectivity index (χ2n) is 4.07. The molecule has 0 amide bonds. The molecule has 3 heteroatoms. The molecule has 0 saturated carbocycles. The number of fused-ring (bicyclic) bond motifs is 1. The number of benzene rings is 2. The molecule has 90 valence electrons. The molecule has 0 aliphatic carbocycles. The SMILES string of the molecule is CCS(=O)CC(N)c1cccc2ccccc12. The third kappa shape index (κ3) is 2.73. The van der Waals surface area contributed by atoms with Crippen molar-refractivity contribution in [3.8, 4) is 0 Å². The first-order chi connectivity index (χ1) is 8.22. The van der Waals surface area contributed by atoms with E-state index in [9.17, 15) is 4.21 Å². The summed E-state index contributed by atoms with van der Waals surface area (Å²) in [5.41, 5.74) is 7.23. The van der Waals surface area contributed by atoms with E-state index in [0.717, 1.165) is 10.9 Å². The van der Waals surface area contributed by atoms with Gasteiger partial charge in [0.15, 0.2) is 0 Å². The monoisotopic (exact) mass is 247 g/mol. The maximum Gasteiger partial charge on any atom is 0.0428 e. The van der Waals surface area contributed by atoms with E-state index in [2.05, 4.69) is 18.2 Å². The second kappa shape index (κ2) is 5.43. The Hall–Kier alpha value is -1.19. The van der Waals surface area contributed by atoms with Crippen LogP contribution in [0.4, 0.5) is 0 Å². The van der Waals surface area contributed by atoms with Gasteiger partial charge in [0.25, 0.3) is 0 Å². The maximum absolute atomic E-state index is 11.6. The van der Waals surface area contributed by atoms with Gasteiger partial charge in [-0.15, -0.1) is 0 Å². The smallest absolute Gasteiger partial charge is 0.0428 e. The predicted octanol–water partition coefficient (Wildman–Crippen LogP) is 2.61. The Morgan fingerprint density at radius 1 is 1.18 bits per heavy atom. The molecule has 2 nitrogen and oxygen atoms in total. The molecule has 0 aliphatic rings. The number of rotatable bonds is 4. The minimum atomic E-state index is -0.825. The fourth-order valence-electron chi connectivity index (χ4n) is 1.98. The van der Waals surface area contributed by atoms with Gasteiger partial charge in [-0.05, 0) is 16.3 Å². The molecule has 0 bridgehead atoms. The van der Waals surface area contributed by atoms with Crippen molar-refractivity contribution in [1.82, 2.24) is 0 Å². The first-order valence-corrected chi connectivity index (χ1v) is 7.29. The van der Waals surface area contributed by atoms with E-state index in [-0.39, 0.29) is 6.04 Å². The normalized spacial score (nSPS) is 14.7. The van der Waals surface area contributed by atoms with Gasteiger partial charge in [-0.2, -0.15) is 0 Å². The van der Waals surface area contributed by atoms with Crippen LogP contribution in [-0.2, 0) is 10.8 Å². The Morgan fingerprint density at radius 2 is 1.88 bits per heavy atom. The van der Waals surface area contributed by atoms with Crippen molar-refractivity contribution in [1.29, 1.82) is 0 Å². The van der Waals surface area contributed by atoms with Crippen LogP contribution in [0.5, 0.6) is 0 Å². The third-order valence-corrected chi connectivity index (χ3v) is 4.29. The summed E-state index contributed by atoms with van der Waals surface area (Å²) in [6.45, 7) is 1.92. The van der Waals surface area contributed by atoms with E-state index < -0.39 is 10.8 Å². The van der Waals surface area contributed by atoms with Crippen molar-refractivity contribution in [2.24, 2.45) is 5.73 Å². The Balaban J connectivity index is 2.38. The first-order valence-electron chi connectivity index (χ1n) is 5.80. The minimum Gasteiger partial charge on any atom is -0.323 e. The number of nitrogens with two attached hydrogens (primary N) is 1. The highest BCUT2D eigenvalue weighted by Gasteiger charge is 2.11. The molecule has 0 heterocycles. The quantitative estimate of drug-likeness (QED) is 0.902. The zero-order valence-electron chi connectivity index (χ0n) is 9.93. The summed E-state index contributed by atoms with van der Waals surface area (Å²) in [5, 5.41) is 2.35. The van der Waals surface area contributed by atoms with Gasteiger partial charge in [-0.1, -0.05) is 49.4 Å². The molecule has 2 atom stereocenters. The summed E-state index contributed by atoms with van der Waals surface area (Å²) in [4.78, 5) is 0. The highest BCUT2D eigenvalue weighted by molar-refractivity contribution is 7.84. The molecule has 2 N–H and O–H groups in total. The third-order valence-electron chi connectivity index (χ3n) is 2.91. The molecular formula is C14H17NOS. The highest BCUT2D eigenvalue weighted by Crippen LogP contribution is 2.23. The topological polar surface area (TPSA) is 43.1 Å². The second-order valence-corrected chi connectivity index (χ2v) is 5.86. The van der Waals surface area contributed by atoms with E-state index in [1.807, 2.05) is 31.2 Å². The molecule has 2 rings (SSSR count). The van der Waals surface area contributed by atoms with E-state index >= 15 is 0 Å². The molecule has 0 fully saturated rings. The number of hydrogen-bond acceptors (Lipinski definition) is 2. The summed E-state index contributed by atoms with van der Waals surface area (Å²) in [6.07, 6.45) is 0. The van der Waals surface area contributed by atoms with Crippen LogP contribution < -0.4 is 5.73 Å². The lowest BCUT2D eigenvalue weighted by molar-refractivity contribution is 0.676. The molecule has 17 heavy (non-hydrogen) atoms. The van der Waals surface area contributed by atoms with Crippen molar-refractivity contribution in [2.45, 2.75) is 13.0 Å². The molecule has 0 aromatic heterocycles. The van der Waals surface area contributed by atoms with E-state index in [4.69, 9.17) is 5.73 Å².